The summed E-state index contributed by atoms with van der Waals surface area (Å²) in [7, 11) is 0. The fraction of sp³-hybridized carbons (Fsp3) is 0.0286. The maximum Gasteiger partial charge on any atom is 2.00 e. The van der Waals surface area contributed by atoms with Gasteiger partial charge >= 0.3 is 21.1 Å². The van der Waals surface area contributed by atoms with Crippen molar-refractivity contribution in [3.63, 3.8) is 0 Å². The van der Waals surface area contributed by atoms with Gasteiger partial charge in [-0.2, -0.15) is 0 Å². The molecule has 0 N–H and O–H groups in total. The third-order valence-corrected chi connectivity index (χ3v) is 6.03. The first-order valence-corrected chi connectivity index (χ1v) is 12.8. The summed E-state index contributed by atoms with van der Waals surface area (Å²) in [5, 5.41) is 9.70. The van der Waals surface area contributed by atoms with Crippen LogP contribution in [0.4, 0.5) is 17.1 Å². The molecule has 4 nitrogen and oxygen atoms in total. The first-order chi connectivity index (χ1) is 19.2. The molecule has 0 aliphatic heterocycles. The van der Waals surface area contributed by atoms with Crippen molar-refractivity contribution in [1.82, 2.24) is 9.97 Å². The van der Waals surface area contributed by atoms with Crippen molar-refractivity contribution in [2.75, 3.05) is 0 Å². The normalized spacial score (nSPS) is 11.3. The van der Waals surface area contributed by atoms with E-state index in [9.17, 15) is 0 Å². The molecule has 0 bridgehead atoms. The first-order valence-electron chi connectivity index (χ1n) is 12.8. The number of allylic oxidation sites excluding steroid dienone is 4. The second kappa shape index (κ2) is 14.0. The summed E-state index contributed by atoms with van der Waals surface area (Å²) in [5.41, 5.74) is 8.40. The van der Waals surface area contributed by atoms with Crippen molar-refractivity contribution in [1.29, 1.82) is 0 Å². The van der Waals surface area contributed by atoms with E-state index in [2.05, 4.69) is 6.58 Å². The van der Waals surface area contributed by atoms with Gasteiger partial charge in [0, 0.05) is 0 Å². The van der Waals surface area contributed by atoms with Gasteiger partial charge in [0.2, 0.25) is 0 Å². The van der Waals surface area contributed by atoms with Crippen molar-refractivity contribution in [3.05, 3.63) is 168 Å². The Bertz CT molecular complexity index is 1630. The molecule has 2 heterocycles. The summed E-state index contributed by atoms with van der Waals surface area (Å²) in [4.78, 5) is 9.96. The minimum atomic E-state index is 0. The Morgan fingerprint density at radius 1 is 0.650 bits per heavy atom. The first kappa shape index (κ1) is 28.5. The Kier molecular flexibility index (Phi) is 9.98. The molecule has 5 rings (SSSR count). The van der Waals surface area contributed by atoms with Gasteiger partial charge < -0.3 is 10.6 Å². The van der Waals surface area contributed by atoms with E-state index in [0.717, 1.165) is 56.7 Å². The fourth-order valence-electron chi connectivity index (χ4n) is 4.21. The Morgan fingerprint density at radius 2 is 1.25 bits per heavy atom. The molecule has 0 unspecified atom stereocenters. The van der Waals surface area contributed by atoms with Crippen LogP contribution in [0.5, 0.6) is 0 Å². The van der Waals surface area contributed by atoms with Gasteiger partial charge in [-0.25, -0.2) is 9.97 Å². The van der Waals surface area contributed by atoms with Crippen LogP contribution in [0.2, 0.25) is 0 Å². The van der Waals surface area contributed by atoms with E-state index in [1.165, 1.54) is 0 Å². The number of nitrogens with zero attached hydrogens (tertiary/aromatic N) is 4. The molecule has 40 heavy (non-hydrogen) atoms. The van der Waals surface area contributed by atoms with Gasteiger partial charge in [0.1, 0.15) is 0 Å². The van der Waals surface area contributed by atoms with Crippen LogP contribution in [0.25, 0.3) is 38.9 Å². The van der Waals surface area contributed by atoms with Crippen LogP contribution in [-0.2, 0) is 21.1 Å². The van der Waals surface area contributed by atoms with E-state index in [1.54, 1.807) is 6.08 Å². The van der Waals surface area contributed by atoms with Gasteiger partial charge in [-0.05, 0) is 42.3 Å². The third kappa shape index (κ3) is 6.91. The Labute approximate surface area is 250 Å². The van der Waals surface area contributed by atoms with Gasteiger partial charge in [-0.15, -0.1) is 22.8 Å². The maximum absolute atomic E-state index is 4.99. The molecule has 5 heteroatoms. The van der Waals surface area contributed by atoms with Crippen LogP contribution in [0, 0.1) is 0 Å². The molecule has 0 saturated heterocycles. The zero-order valence-electron chi connectivity index (χ0n) is 22.1. The van der Waals surface area contributed by atoms with E-state index < -0.39 is 0 Å². The van der Waals surface area contributed by atoms with Crippen LogP contribution >= 0.6 is 0 Å². The molecular weight excluding hydrogens is 671 g/mol. The van der Waals surface area contributed by atoms with E-state index in [4.69, 9.17) is 20.6 Å². The summed E-state index contributed by atoms with van der Waals surface area (Å²) in [6.45, 7) is 6.04. The number of hydrogen-bond acceptors (Lipinski definition) is 2. The van der Waals surface area contributed by atoms with E-state index >= 15 is 0 Å². The minimum Gasteiger partial charge on any atom is -0.657 e. The predicted octanol–water partition coefficient (Wildman–Crippen LogP) is 10.3. The molecule has 2 aromatic heterocycles. The van der Waals surface area contributed by atoms with Crippen molar-refractivity contribution >= 4 is 22.6 Å². The van der Waals surface area contributed by atoms with Gasteiger partial charge in [-0.3, -0.25) is 0 Å². The molecule has 0 aliphatic rings. The second-order valence-electron chi connectivity index (χ2n) is 8.73. The summed E-state index contributed by atoms with van der Waals surface area (Å²) in [6.07, 6.45) is 5.75. The molecule has 5 aromatic rings. The predicted molar refractivity (Wildman–Crippen MR) is 163 cm³/mol. The molecule has 3 aromatic carbocycles. The van der Waals surface area contributed by atoms with Gasteiger partial charge in [0.25, 0.3) is 0 Å². The number of pyridine rings is 2. The standard InChI is InChI=1S/C35H28N4.Pt/c1-3-15-30(36-26-16-7-5-8-17-26)28(4-2)31-22-13-24-34(38-31)35-25-14-23-33(39-35)29-20-11-12-21-32(29)37-27-18-9-6-10-19-27;/h3-25H,2H2,1H3;/q-2;+2/b15-3-,30-28-;. The maximum atomic E-state index is 4.99. The second-order valence-corrected chi connectivity index (χ2v) is 8.73. The van der Waals surface area contributed by atoms with Crippen LogP contribution in [0.15, 0.2) is 152 Å². The molecular formula is C35H28N4Pt. The van der Waals surface area contributed by atoms with Crippen molar-refractivity contribution in [2.24, 2.45) is 0 Å². The number of benzene rings is 3. The van der Waals surface area contributed by atoms with Gasteiger partial charge in [0.15, 0.2) is 0 Å². The van der Waals surface area contributed by atoms with Crippen LogP contribution in [0.1, 0.15) is 12.6 Å². The monoisotopic (exact) mass is 699 g/mol. The average molecular weight is 700 g/mol. The molecule has 0 radical (unpaired) electrons. The summed E-state index contributed by atoms with van der Waals surface area (Å²) < 4.78 is 0. The molecule has 0 amide bonds. The van der Waals surface area contributed by atoms with Crippen LogP contribution in [0.3, 0.4) is 0 Å². The number of aromatic nitrogens is 2. The summed E-state index contributed by atoms with van der Waals surface area (Å²) >= 11 is 0. The molecule has 0 saturated carbocycles. The van der Waals surface area contributed by atoms with Gasteiger partial charge in [0.05, 0.1) is 22.8 Å². The molecule has 0 fully saturated rings. The molecule has 0 spiro atoms. The van der Waals surface area contributed by atoms with Crippen molar-refractivity contribution < 1.29 is 21.1 Å². The quantitative estimate of drug-likeness (QED) is 0.144. The van der Waals surface area contributed by atoms with Crippen molar-refractivity contribution in [3.8, 4) is 22.6 Å². The van der Waals surface area contributed by atoms with Crippen LogP contribution < -0.4 is 0 Å². The molecule has 0 aliphatic carbocycles. The minimum absolute atomic E-state index is 0. The van der Waals surface area contributed by atoms with E-state index in [-0.39, 0.29) is 21.1 Å². The van der Waals surface area contributed by atoms with Crippen molar-refractivity contribution in [2.45, 2.75) is 6.92 Å². The summed E-state index contributed by atoms with van der Waals surface area (Å²) in [6, 6.07) is 39.8. The Morgan fingerprint density at radius 3 is 1.95 bits per heavy atom. The fourth-order valence-corrected chi connectivity index (χ4v) is 4.21. The topological polar surface area (TPSA) is 54.0 Å². The summed E-state index contributed by atoms with van der Waals surface area (Å²) in [5.74, 6) is 0. The van der Waals surface area contributed by atoms with E-state index in [0.29, 0.717) is 0 Å². The largest absolute Gasteiger partial charge is 2.00 e. The van der Waals surface area contributed by atoms with Crippen LogP contribution in [-0.4, -0.2) is 9.97 Å². The third-order valence-electron chi connectivity index (χ3n) is 6.03. The SMILES string of the molecule is C=C/C(=C(\C=C/C)[N-]c1ccccc1)c1cccc(-c2cccc(-c3ccccc3[N-]c3ccccc3)n2)n1.[Pt+2]. The zero-order valence-corrected chi connectivity index (χ0v) is 24.4. The number of para-hydroxylation sites is 3. The van der Waals surface area contributed by atoms with Gasteiger partial charge in [-0.1, -0.05) is 122 Å². The number of rotatable bonds is 9. The zero-order chi connectivity index (χ0) is 26.9. The molecule has 198 valence electrons. The molecule has 0 atom stereocenters. The smallest absolute Gasteiger partial charge is 0.657 e. The number of hydrogen-bond donors (Lipinski definition) is 0. The average Bonchev–Trinajstić information content (AvgIpc) is 2.99. The Hall–Kier alpha value is -4.53. The Balaban J connectivity index is 0.00000370. The van der Waals surface area contributed by atoms with E-state index in [1.807, 2.05) is 140 Å².